The second-order valence-corrected chi connectivity index (χ2v) is 4.81. The van der Waals surface area contributed by atoms with Gasteiger partial charge in [0.1, 0.15) is 17.4 Å². The average Bonchev–Trinajstić information content (AvgIpc) is 2.52. The van der Waals surface area contributed by atoms with E-state index in [4.69, 9.17) is 16.3 Å². The molecule has 22 heavy (non-hydrogen) atoms. The lowest BCUT2D eigenvalue weighted by molar-refractivity contribution is -0.112. The van der Waals surface area contributed by atoms with Gasteiger partial charge in [0.05, 0.1) is 7.11 Å². The third-order valence-electron chi connectivity index (χ3n) is 2.89. The van der Waals surface area contributed by atoms with Crippen LogP contribution in [0, 0.1) is 11.3 Å². The standard InChI is InChI=1S/C17H13ClN2O2/c1-22-16-8-3-2-5-12(16)9-13(11-19)17(21)20-15-7-4-6-14(18)10-15/h2-10H,1H3,(H,20,21)/b13-9+. The van der Waals surface area contributed by atoms with Crippen molar-refractivity contribution in [1.82, 2.24) is 0 Å². The van der Waals surface area contributed by atoms with Crippen molar-refractivity contribution in [3.63, 3.8) is 0 Å². The molecule has 5 heteroatoms. The maximum Gasteiger partial charge on any atom is 0.266 e. The van der Waals surface area contributed by atoms with Crippen molar-refractivity contribution in [2.24, 2.45) is 0 Å². The molecule has 0 heterocycles. The summed E-state index contributed by atoms with van der Waals surface area (Å²) in [6.07, 6.45) is 1.48. The number of rotatable bonds is 4. The van der Waals surface area contributed by atoms with Crippen LogP contribution in [0.25, 0.3) is 6.08 Å². The Morgan fingerprint density at radius 1 is 1.27 bits per heavy atom. The van der Waals surface area contributed by atoms with Crippen LogP contribution in [0.2, 0.25) is 5.02 Å². The number of ether oxygens (including phenoxy) is 1. The lowest BCUT2D eigenvalue weighted by Gasteiger charge is -2.06. The summed E-state index contributed by atoms with van der Waals surface area (Å²) < 4.78 is 5.20. The van der Waals surface area contributed by atoms with Crippen molar-refractivity contribution in [3.8, 4) is 11.8 Å². The molecule has 0 unspecified atom stereocenters. The van der Waals surface area contributed by atoms with Crippen molar-refractivity contribution in [3.05, 3.63) is 64.7 Å². The molecule has 0 spiro atoms. The number of nitrogens with zero attached hydrogens (tertiary/aromatic N) is 1. The molecular weight excluding hydrogens is 300 g/mol. The predicted octanol–water partition coefficient (Wildman–Crippen LogP) is 3.89. The van der Waals surface area contributed by atoms with Gasteiger partial charge in [0.15, 0.2) is 0 Å². The molecule has 0 fully saturated rings. The third-order valence-corrected chi connectivity index (χ3v) is 3.12. The van der Waals surface area contributed by atoms with Crippen molar-refractivity contribution in [2.45, 2.75) is 0 Å². The van der Waals surface area contributed by atoms with Gasteiger partial charge in [0.25, 0.3) is 5.91 Å². The van der Waals surface area contributed by atoms with E-state index in [1.54, 1.807) is 42.5 Å². The molecule has 0 bridgehead atoms. The van der Waals surface area contributed by atoms with Crippen molar-refractivity contribution in [1.29, 1.82) is 5.26 Å². The summed E-state index contributed by atoms with van der Waals surface area (Å²) in [5.41, 5.74) is 1.16. The van der Waals surface area contributed by atoms with Crippen LogP contribution in [0.4, 0.5) is 5.69 Å². The Bertz CT molecular complexity index is 763. The lowest BCUT2D eigenvalue weighted by Crippen LogP contribution is -2.13. The Kier molecular flexibility index (Phi) is 5.18. The monoisotopic (exact) mass is 312 g/mol. The summed E-state index contributed by atoms with van der Waals surface area (Å²) in [5, 5.41) is 12.3. The van der Waals surface area contributed by atoms with E-state index in [1.807, 2.05) is 12.1 Å². The molecule has 2 aromatic rings. The number of halogens is 1. The number of carbonyl (C=O) groups excluding carboxylic acids is 1. The van der Waals surface area contributed by atoms with Crippen LogP contribution in [0.15, 0.2) is 54.1 Å². The first-order valence-corrected chi connectivity index (χ1v) is 6.83. The Labute approximate surface area is 133 Å². The van der Waals surface area contributed by atoms with E-state index in [1.165, 1.54) is 13.2 Å². The van der Waals surface area contributed by atoms with Crippen LogP contribution in [0.3, 0.4) is 0 Å². The zero-order valence-corrected chi connectivity index (χ0v) is 12.6. The summed E-state index contributed by atoms with van der Waals surface area (Å²) >= 11 is 5.86. The van der Waals surface area contributed by atoms with Crippen molar-refractivity contribution in [2.75, 3.05) is 12.4 Å². The first kappa shape index (κ1) is 15.6. The minimum absolute atomic E-state index is 0.0236. The molecule has 110 valence electrons. The van der Waals surface area contributed by atoms with Crippen molar-refractivity contribution >= 4 is 29.3 Å². The molecule has 0 aliphatic rings. The van der Waals surface area contributed by atoms with Gasteiger partial charge in [-0.15, -0.1) is 0 Å². The van der Waals surface area contributed by atoms with Crippen LogP contribution >= 0.6 is 11.6 Å². The molecule has 4 nitrogen and oxygen atoms in total. The number of para-hydroxylation sites is 1. The van der Waals surface area contributed by atoms with E-state index in [2.05, 4.69) is 5.32 Å². The SMILES string of the molecule is COc1ccccc1/C=C(\C#N)C(=O)Nc1cccc(Cl)c1. The van der Waals surface area contributed by atoms with Gasteiger partial charge in [0.2, 0.25) is 0 Å². The third kappa shape index (κ3) is 3.87. The van der Waals surface area contributed by atoms with Gasteiger partial charge in [-0.2, -0.15) is 5.26 Å². The van der Waals surface area contributed by atoms with Gasteiger partial charge >= 0.3 is 0 Å². The number of anilines is 1. The molecular formula is C17H13ClN2O2. The maximum atomic E-state index is 12.2. The summed E-state index contributed by atoms with van der Waals surface area (Å²) in [6.45, 7) is 0. The van der Waals surface area contributed by atoms with Gasteiger partial charge in [-0.1, -0.05) is 35.9 Å². The first-order valence-electron chi connectivity index (χ1n) is 6.46. The number of methoxy groups -OCH3 is 1. The number of carbonyl (C=O) groups is 1. The van der Waals surface area contributed by atoms with E-state index >= 15 is 0 Å². The van der Waals surface area contributed by atoms with Crippen molar-refractivity contribution < 1.29 is 9.53 Å². The summed E-state index contributed by atoms with van der Waals surface area (Å²) in [4.78, 5) is 12.2. The number of nitrogens with one attached hydrogen (secondary N) is 1. The second-order valence-electron chi connectivity index (χ2n) is 4.38. The number of benzene rings is 2. The fourth-order valence-electron chi connectivity index (χ4n) is 1.85. The number of hydrogen-bond donors (Lipinski definition) is 1. The Morgan fingerprint density at radius 2 is 2.05 bits per heavy atom. The number of nitriles is 1. The average molecular weight is 313 g/mol. The van der Waals surface area contributed by atoms with E-state index in [0.29, 0.717) is 22.0 Å². The minimum atomic E-state index is -0.504. The first-order chi connectivity index (χ1) is 10.6. The molecule has 0 saturated heterocycles. The lowest BCUT2D eigenvalue weighted by atomic mass is 10.1. The molecule has 1 N–H and O–H groups in total. The van der Waals surface area contributed by atoms with Gasteiger partial charge < -0.3 is 10.1 Å². The molecule has 2 rings (SSSR count). The van der Waals surface area contributed by atoms with Gasteiger partial charge in [-0.05, 0) is 30.3 Å². The highest BCUT2D eigenvalue weighted by atomic mass is 35.5. The smallest absolute Gasteiger partial charge is 0.266 e. The highest BCUT2D eigenvalue weighted by molar-refractivity contribution is 6.31. The molecule has 0 saturated carbocycles. The summed E-state index contributed by atoms with van der Waals surface area (Å²) in [7, 11) is 1.53. The van der Waals surface area contributed by atoms with E-state index < -0.39 is 5.91 Å². The molecule has 2 aromatic carbocycles. The predicted molar refractivity (Wildman–Crippen MR) is 86.7 cm³/mol. The molecule has 1 amide bonds. The quantitative estimate of drug-likeness (QED) is 0.688. The fraction of sp³-hybridized carbons (Fsp3) is 0.0588. The largest absolute Gasteiger partial charge is 0.496 e. The number of hydrogen-bond acceptors (Lipinski definition) is 3. The van der Waals surface area contributed by atoms with Crippen LogP contribution in [0.1, 0.15) is 5.56 Å². The van der Waals surface area contributed by atoms with Crippen LogP contribution < -0.4 is 10.1 Å². The van der Waals surface area contributed by atoms with Gasteiger partial charge in [-0.3, -0.25) is 4.79 Å². The molecule has 0 aliphatic heterocycles. The highest BCUT2D eigenvalue weighted by Crippen LogP contribution is 2.21. The zero-order valence-electron chi connectivity index (χ0n) is 11.8. The molecule has 0 aliphatic carbocycles. The summed E-state index contributed by atoms with van der Waals surface area (Å²) in [5.74, 6) is 0.0847. The Balaban J connectivity index is 2.26. The Hall–Kier alpha value is -2.77. The topological polar surface area (TPSA) is 62.1 Å². The highest BCUT2D eigenvalue weighted by Gasteiger charge is 2.11. The molecule has 0 atom stereocenters. The minimum Gasteiger partial charge on any atom is -0.496 e. The normalized spacial score (nSPS) is 10.7. The fourth-order valence-corrected chi connectivity index (χ4v) is 2.04. The second kappa shape index (κ2) is 7.30. The summed E-state index contributed by atoms with van der Waals surface area (Å²) in [6, 6.07) is 15.8. The van der Waals surface area contributed by atoms with Crippen LogP contribution in [-0.4, -0.2) is 13.0 Å². The van der Waals surface area contributed by atoms with Crippen LogP contribution in [0.5, 0.6) is 5.75 Å². The van der Waals surface area contributed by atoms with Gasteiger partial charge in [-0.25, -0.2) is 0 Å². The van der Waals surface area contributed by atoms with E-state index in [0.717, 1.165) is 0 Å². The van der Waals surface area contributed by atoms with E-state index in [9.17, 15) is 10.1 Å². The maximum absolute atomic E-state index is 12.2. The Morgan fingerprint density at radius 3 is 2.73 bits per heavy atom. The van der Waals surface area contributed by atoms with E-state index in [-0.39, 0.29) is 5.57 Å². The number of amides is 1. The van der Waals surface area contributed by atoms with Crippen LogP contribution in [-0.2, 0) is 4.79 Å². The molecule has 0 radical (unpaired) electrons. The zero-order chi connectivity index (χ0) is 15.9. The molecule has 0 aromatic heterocycles. The van der Waals surface area contributed by atoms with Gasteiger partial charge in [0, 0.05) is 16.3 Å².